The number of carboxylic acid groups (broad SMARTS) is 1. The number of rotatable bonds is 12. The summed E-state index contributed by atoms with van der Waals surface area (Å²) >= 11 is 0. The third-order valence-electron chi connectivity index (χ3n) is 3.86. The quantitative estimate of drug-likeness (QED) is 0.222. The Bertz CT molecular complexity index is 595. The van der Waals surface area contributed by atoms with Crippen LogP contribution in [0.25, 0.3) is 0 Å². The van der Waals surface area contributed by atoms with Crippen LogP contribution < -0.4 is 27.4 Å². The van der Waals surface area contributed by atoms with Crippen LogP contribution >= 0.6 is 0 Å². The van der Waals surface area contributed by atoms with Gasteiger partial charge >= 0.3 is 5.97 Å². The zero-order chi connectivity index (χ0) is 22.0. The van der Waals surface area contributed by atoms with Crippen molar-refractivity contribution in [3.8, 4) is 0 Å². The number of hydrogen-bond donors (Lipinski definition) is 6. The Morgan fingerprint density at radius 2 is 1.32 bits per heavy atom. The van der Waals surface area contributed by atoms with Gasteiger partial charge in [0.15, 0.2) is 0 Å². The highest BCUT2D eigenvalue weighted by Crippen LogP contribution is 2.05. The first-order valence-corrected chi connectivity index (χ1v) is 9.02. The molecule has 0 radical (unpaired) electrons. The highest BCUT2D eigenvalue weighted by molar-refractivity contribution is 5.93. The van der Waals surface area contributed by atoms with Crippen molar-refractivity contribution in [1.82, 2.24) is 16.0 Å². The molecule has 4 atom stereocenters. The number of aliphatic carboxylic acids is 1. The molecule has 0 spiro atoms. The lowest BCUT2D eigenvalue weighted by molar-refractivity contribution is -0.142. The molecule has 0 bridgehead atoms. The summed E-state index contributed by atoms with van der Waals surface area (Å²) in [6.45, 7) is 6.45. The Kier molecular flexibility index (Phi) is 10.8. The zero-order valence-electron chi connectivity index (χ0n) is 16.7. The summed E-state index contributed by atoms with van der Waals surface area (Å²) in [5, 5.41) is 16.3. The maximum atomic E-state index is 12.1. The van der Waals surface area contributed by atoms with Crippen LogP contribution in [-0.4, -0.2) is 58.9 Å². The average molecular weight is 401 g/mol. The summed E-state index contributed by atoms with van der Waals surface area (Å²) in [5.74, 6) is -3.63. The molecule has 0 rings (SSSR count). The van der Waals surface area contributed by atoms with Gasteiger partial charge in [-0.1, -0.05) is 13.8 Å². The van der Waals surface area contributed by atoms with Gasteiger partial charge in [-0.3, -0.25) is 19.2 Å². The van der Waals surface area contributed by atoms with Crippen molar-refractivity contribution < 1.29 is 29.1 Å². The fourth-order valence-corrected chi connectivity index (χ4v) is 2.21. The summed E-state index contributed by atoms with van der Waals surface area (Å²) in [6, 6.07) is -4.07. The topological polar surface area (TPSA) is 194 Å². The highest BCUT2D eigenvalue weighted by Gasteiger charge is 2.26. The van der Waals surface area contributed by atoms with E-state index in [2.05, 4.69) is 16.0 Å². The number of carboxylic acids is 1. The summed E-state index contributed by atoms with van der Waals surface area (Å²) in [5.41, 5.74) is 10.6. The lowest BCUT2D eigenvalue weighted by Gasteiger charge is -2.22. The lowest BCUT2D eigenvalue weighted by Crippen LogP contribution is -2.55. The standard InChI is InChI=1S/C17H31N5O6/c1-8(2)7-12(17(27)28)22-15(25)10(4)20-14(24)9(3)21-16(26)11(18)5-6-13(19)23/h8-12H,5-7,18H2,1-4H3,(H2,19,23)(H,20,24)(H,21,26)(H,22,25)(H,27,28)/t9-,10-,11-,12-/m0/s1. The van der Waals surface area contributed by atoms with Crippen molar-refractivity contribution in [2.75, 3.05) is 0 Å². The third kappa shape index (κ3) is 9.86. The van der Waals surface area contributed by atoms with E-state index < -0.39 is 53.8 Å². The molecule has 0 aliphatic rings. The van der Waals surface area contributed by atoms with Gasteiger partial charge in [0.2, 0.25) is 23.6 Å². The average Bonchev–Trinajstić information content (AvgIpc) is 2.57. The van der Waals surface area contributed by atoms with Crippen molar-refractivity contribution in [2.24, 2.45) is 17.4 Å². The van der Waals surface area contributed by atoms with Crippen LogP contribution in [0, 0.1) is 5.92 Å². The number of carbonyl (C=O) groups is 5. The number of nitrogens with one attached hydrogen (secondary N) is 3. The van der Waals surface area contributed by atoms with Gasteiger partial charge in [0.25, 0.3) is 0 Å². The Labute approximate surface area is 164 Å². The monoisotopic (exact) mass is 401 g/mol. The minimum absolute atomic E-state index is 0.0424. The maximum Gasteiger partial charge on any atom is 0.326 e. The molecular formula is C17H31N5O6. The highest BCUT2D eigenvalue weighted by atomic mass is 16.4. The fourth-order valence-electron chi connectivity index (χ4n) is 2.21. The Morgan fingerprint density at radius 1 is 0.857 bits per heavy atom. The SMILES string of the molecule is CC(C)C[C@H](NC(=O)[C@H](C)NC(=O)[C@H](C)NC(=O)[C@@H](N)CCC(N)=O)C(=O)O. The van der Waals surface area contributed by atoms with Crippen LogP contribution in [0.1, 0.15) is 47.0 Å². The molecule has 11 nitrogen and oxygen atoms in total. The van der Waals surface area contributed by atoms with Crippen LogP contribution in [-0.2, 0) is 24.0 Å². The van der Waals surface area contributed by atoms with E-state index in [4.69, 9.17) is 16.6 Å². The number of nitrogens with two attached hydrogens (primary N) is 2. The van der Waals surface area contributed by atoms with Crippen LogP contribution in [0.2, 0.25) is 0 Å². The summed E-state index contributed by atoms with van der Waals surface area (Å²) < 4.78 is 0. The Balaban J connectivity index is 4.61. The van der Waals surface area contributed by atoms with Gasteiger partial charge < -0.3 is 32.5 Å². The van der Waals surface area contributed by atoms with Gasteiger partial charge in [-0.25, -0.2) is 4.79 Å². The van der Waals surface area contributed by atoms with Gasteiger partial charge in [0.05, 0.1) is 6.04 Å². The molecule has 0 unspecified atom stereocenters. The molecule has 8 N–H and O–H groups in total. The molecule has 0 saturated heterocycles. The molecule has 0 aromatic heterocycles. The van der Waals surface area contributed by atoms with E-state index >= 15 is 0 Å². The van der Waals surface area contributed by atoms with E-state index in [1.165, 1.54) is 13.8 Å². The summed E-state index contributed by atoms with van der Waals surface area (Å²) in [7, 11) is 0. The molecular weight excluding hydrogens is 370 g/mol. The second-order valence-corrected chi connectivity index (χ2v) is 7.10. The van der Waals surface area contributed by atoms with E-state index in [-0.39, 0.29) is 25.2 Å². The van der Waals surface area contributed by atoms with Crippen LogP contribution in [0.15, 0.2) is 0 Å². The van der Waals surface area contributed by atoms with Crippen LogP contribution in [0.4, 0.5) is 0 Å². The molecule has 0 aromatic rings. The molecule has 0 aliphatic carbocycles. The van der Waals surface area contributed by atoms with E-state index in [1.54, 1.807) is 0 Å². The second-order valence-electron chi connectivity index (χ2n) is 7.10. The van der Waals surface area contributed by atoms with Gasteiger partial charge in [-0.15, -0.1) is 0 Å². The Hall–Kier alpha value is -2.69. The van der Waals surface area contributed by atoms with Gasteiger partial charge in [0, 0.05) is 6.42 Å². The minimum Gasteiger partial charge on any atom is -0.480 e. The molecule has 0 aromatic carbocycles. The first-order chi connectivity index (χ1) is 12.8. The van der Waals surface area contributed by atoms with Gasteiger partial charge in [0.1, 0.15) is 18.1 Å². The predicted molar refractivity (Wildman–Crippen MR) is 101 cm³/mol. The van der Waals surface area contributed by atoms with Gasteiger partial charge in [-0.05, 0) is 32.6 Å². The van der Waals surface area contributed by atoms with Crippen molar-refractivity contribution in [3.63, 3.8) is 0 Å². The fraction of sp³-hybridized carbons (Fsp3) is 0.706. The first-order valence-electron chi connectivity index (χ1n) is 9.02. The molecule has 11 heteroatoms. The maximum absolute atomic E-state index is 12.1. The Morgan fingerprint density at radius 3 is 1.75 bits per heavy atom. The molecule has 160 valence electrons. The molecule has 28 heavy (non-hydrogen) atoms. The van der Waals surface area contributed by atoms with E-state index in [0.717, 1.165) is 0 Å². The molecule has 0 heterocycles. The number of hydrogen-bond acceptors (Lipinski definition) is 6. The third-order valence-corrected chi connectivity index (χ3v) is 3.86. The zero-order valence-corrected chi connectivity index (χ0v) is 16.7. The normalized spacial score (nSPS) is 15.1. The summed E-state index contributed by atoms with van der Waals surface area (Å²) in [6.07, 6.45) is 0.228. The van der Waals surface area contributed by atoms with Crippen LogP contribution in [0.5, 0.6) is 0 Å². The molecule has 4 amide bonds. The van der Waals surface area contributed by atoms with E-state index in [9.17, 15) is 24.0 Å². The molecule has 0 aliphatic heterocycles. The van der Waals surface area contributed by atoms with Crippen LogP contribution in [0.3, 0.4) is 0 Å². The molecule has 0 saturated carbocycles. The van der Waals surface area contributed by atoms with Crippen molar-refractivity contribution in [3.05, 3.63) is 0 Å². The smallest absolute Gasteiger partial charge is 0.326 e. The van der Waals surface area contributed by atoms with Crippen molar-refractivity contribution >= 4 is 29.6 Å². The first kappa shape index (κ1) is 25.3. The largest absolute Gasteiger partial charge is 0.480 e. The van der Waals surface area contributed by atoms with Gasteiger partial charge in [-0.2, -0.15) is 0 Å². The van der Waals surface area contributed by atoms with E-state index in [1.807, 2.05) is 13.8 Å². The molecule has 0 fully saturated rings. The number of carbonyl (C=O) groups excluding carboxylic acids is 4. The van der Waals surface area contributed by atoms with Crippen molar-refractivity contribution in [1.29, 1.82) is 0 Å². The van der Waals surface area contributed by atoms with E-state index in [0.29, 0.717) is 0 Å². The summed E-state index contributed by atoms with van der Waals surface area (Å²) in [4.78, 5) is 58.1. The number of amides is 4. The minimum atomic E-state index is -1.16. The lowest BCUT2D eigenvalue weighted by atomic mass is 10.0. The number of primary amides is 1. The van der Waals surface area contributed by atoms with Crippen molar-refractivity contribution in [2.45, 2.75) is 71.1 Å². The predicted octanol–water partition coefficient (Wildman–Crippen LogP) is -1.80. The second kappa shape index (κ2) is 11.9.